The van der Waals surface area contributed by atoms with E-state index in [0.717, 1.165) is 4.88 Å². The zero-order valence-corrected chi connectivity index (χ0v) is 14.0. The molecule has 0 radical (unpaired) electrons. The molecule has 3 rings (SSSR count). The third kappa shape index (κ3) is 3.52. The van der Waals surface area contributed by atoms with Crippen LogP contribution in [0.25, 0.3) is 10.8 Å². The number of carbonyl (C=O) groups is 1. The fraction of sp³-hybridized carbons (Fsp3) is 0.143. The summed E-state index contributed by atoms with van der Waals surface area (Å²) < 4.78 is 10.8. The Hall–Kier alpha value is -1.96. The average molecular weight is 370 g/mol. The van der Waals surface area contributed by atoms with Gasteiger partial charge in [0.15, 0.2) is 11.8 Å². The van der Waals surface area contributed by atoms with Crippen molar-refractivity contribution in [1.29, 1.82) is 0 Å². The van der Waals surface area contributed by atoms with Crippen molar-refractivity contribution >= 4 is 40.5 Å². The molecule has 0 aliphatic heterocycles. The summed E-state index contributed by atoms with van der Waals surface area (Å²) >= 11 is 13.1. The Morgan fingerprint density at radius 2 is 2.13 bits per heavy atom. The number of pyridine rings is 1. The number of ether oxygens (including phenoxy) is 1. The maximum Gasteiger partial charge on any atom is 0.359 e. The Kier molecular flexibility index (Phi) is 4.61. The van der Waals surface area contributed by atoms with E-state index in [4.69, 9.17) is 32.4 Å². The highest BCUT2D eigenvalue weighted by Crippen LogP contribution is 2.27. The van der Waals surface area contributed by atoms with Crippen molar-refractivity contribution in [2.45, 2.75) is 13.0 Å². The number of esters is 1. The minimum Gasteiger partial charge on any atom is -0.448 e. The van der Waals surface area contributed by atoms with Gasteiger partial charge in [0.05, 0.1) is 9.90 Å². The molecule has 118 valence electrons. The molecule has 0 aliphatic rings. The molecule has 9 heteroatoms. The Labute approximate surface area is 145 Å². The van der Waals surface area contributed by atoms with Crippen LogP contribution in [0.4, 0.5) is 0 Å². The zero-order chi connectivity index (χ0) is 16.4. The summed E-state index contributed by atoms with van der Waals surface area (Å²) in [6.45, 7) is 1.61. The number of nitrogens with zero attached hydrogens (tertiary/aromatic N) is 3. The molecule has 0 aliphatic carbocycles. The van der Waals surface area contributed by atoms with Crippen LogP contribution in [0.15, 0.2) is 34.1 Å². The molecule has 0 saturated carbocycles. The number of hydrogen-bond acceptors (Lipinski definition) is 7. The van der Waals surface area contributed by atoms with Crippen molar-refractivity contribution in [3.05, 3.63) is 51.4 Å². The Balaban J connectivity index is 1.75. The minimum atomic E-state index is -0.749. The molecule has 1 unspecified atom stereocenters. The molecule has 6 nitrogen and oxygen atoms in total. The highest BCUT2D eigenvalue weighted by molar-refractivity contribution is 7.13. The number of hydrogen-bond donors (Lipinski definition) is 0. The molecule has 0 amide bonds. The molecular formula is C14H9Cl2N3O3S. The van der Waals surface area contributed by atoms with E-state index >= 15 is 0 Å². The van der Waals surface area contributed by atoms with Crippen LogP contribution in [0, 0.1) is 0 Å². The largest absolute Gasteiger partial charge is 0.448 e. The fourth-order valence-corrected chi connectivity index (χ4v) is 2.70. The van der Waals surface area contributed by atoms with Crippen molar-refractivity contribution in [2.24, 2.45) is 0 Å². The van der Waals surface area contributed by atoms with Gasteiger partial charge in [0.25, 0.3) is 11.8 Å². The summed E-state index contributed by atoms with van der Waals surface area (Å²) in [4.78, 5) is 16.8. The maximum absolute atomic E-state index is 12.1. The second-order valence-corrected chi connectivity index (χ2v) is 6.18. The zero-order valence-electron chi connectivity index (χ0n) is 11.7. The maximum atomic E-state index is 12.1. The first-order chi connectivity index (χ1) is 11.0. The minimum absolute atomic E-state index is 0.0657. The summed E-state index contributed by atoms with van der Waals surface area (Å²) in [6.07, 6.45) is -0.749. The Morgan fingerprint density at radius 3 is 2.87 bits per heavy atom. The van der Waals surface area contributed by atoms with Crippen LogP contribution in [0.5, 0.6) is 0 Å². The lowest BCUT2D eigenvalue weighted by Crippen LogP contribution is -2.12. The lowest BCUT2D eigenvalue weighted by Gasteiger charge is -2.09. The molecule has 3 aromatic rings. The van der Waals surface area contributed by atoms with E-state index in [1.807, 2.05) is 17.5 Å². The van der Waals surface area contributed by atoms with Crippen LogP contribution in [-0.2, 0) is 4.74 Å². The number of carbonyl (C=O) groups excluding carboxylic acids is 1. The molecular weight excluding hydrogens is 361 g/mol. The van der Waals surface area contributed by atoms with Gasteiger partial charge in [0, 0.05) is 0 Å². The summed E-state index contributed by atoms with van der Waals surface area (Å²) in [6, 6.07) is 6.68. The molecule has 0 spiro atoms. The lowest BCUT2D eigenvalue weighted by molar-refractivity contribution is 0.0273. The summed E-state index contributed by atoms with van der Waals surface area (Å²) in [5.41, 5.74) is -0.0657. The lowest BCUT2D eigenvalue weighted by atomic mass is 10.3. The van der Waals surface area contributed by atoms with Crippen LogP contribution < -0.4 is 0 Å². The third-order valence-corrected chi connectivity index (χ3v) is 4.18. The molecule has 1 atom stereocenters. The van der Waals surface area contributed by atoms with Crippen molar-refractivity contribution in [2.75, 3.05) is 0 Å². The second kappa shape index (κ2) is 6.66. The van der Waals surface area contributed by atoms with Gasteiger partial charge >= 0.3 is 5.97 Å². The normalized spacial score (nSPS) is 12.1. The highest BCUT2D eigenvalue weighted by Gasteiger charge is 2.22. The summed E-state index contributed by atoms with van der Waals surface area (Å²) in [5, 5.41) is 10.0. The predicted octanol–water partition coefficient (Wildman–Crippen LogP) is 4.42. The average Bonchev–Trinajstić information content (AvgIpc) is 3.19. The van der Waals surface area contributed by atoms with E-state index in [-0.39, 0.29) is 21.8 Å². The van der Waals surface area contributed by atoms with E-state index in [9.17, 15) is 4.79 Å². The number of thiophene rings is 1. The van der Waals surface area contributed by atoms with Gasteiger partial charge in [-0.1, -0.05) is 29.3 Å². The van der Waals surface area contributed by atoms with Gasteiger partial charge < -0.3 is 9.15 Å². The van der Waals surface area contributed by atoms with Crippen molar-refractivity contribution in [1.82, 2.24) is 15.2 Å². The topological polar surface area (TPSA) is 78.1 Å². The van der Waals surface area contributed by atoms with Crippen LogP contribution in [0.1, 0.15) is 29.4 Å². The third-order valence-electron chi connectivity index (χ3n) is 2.81. The van der Waals surface area contributed by atoms with Gasteiger partial charge in [-0.15, -0.1) is 21.5 Å². The molecule has 0 aromatic carbocycles. The monoisotopic (exact) mass is 369 g/mol. The fourth-order valence-electron chi connectivity index (χ4n) is 1.73. The smallest absolute Gasteiger partial charge is 0.359 e. The first kappa shape index (κ1) is 15.9. The number of rotatable bonds is 4. The molecule has 3 aromatic heterocycles. The number of halogens is 2. The Bertz CT molecular complexity index is 836. The second-order valence-electron chi connectivity index (χ2n) is 4.43. The SMILES string of the molecule is CC(OC(=O)c1nc(Cl)ccc1Cl)c1nnc(-c2cccs2)o1. The van der Waals surface area contributed by atoms with E-state index in [2.05, 4.69) is 15.2 Å². The van der Waals surface area contributed by atoms with E-state index in [1.54, 1.807) is 6.92 Å². The highest BCUT2D eigenvalue weighted by atomic mass is 35.5. The molecule has 0 N–H and O–H groups in total. The van der Waals surface area contributed by atoms with Gasteiger partial charge in [-0.3, -0.25) is 0 Å². The Morgan fingerprint density at radius 1 is 1.30 bits per heavy atom. The van der Waals surface area contributed by atoms with Crippen LogP contribution in [0.2, 0.25) is 10.2 Å². The van der Waals surface area contributed by atoms with E-state index in [1.165, 1.54) is 23.5 Å². The predicted molar refractivity (Wildman–Crippen MR) is 85.7 cm³/mol. The number of aromatic nitrogens is 3. The standard InChI is InChI=1S/C14H9Cl2N3O3S/c1-7(12-18-19-13(22-12)9-3-2-6-23-9)21-14(20)11-8(15)4-5-10(16)17-11/h2-7H,1H3. The van der Waals surface area contributed by atoms with E-state index in [0.29, 0.717) is 5.89 Å². The molecule has 0 saturated heterocycles. The van der Waals surface area contributed by atoms with Gasteiger partial charge in [0.2, 0.25) is 0 Å². The summed E-state index contributed by atoms with van der Waals surface area (Å²) in [7, 11) is 0. The van der Waals surface area contributed by atoms with Crippen LogP contribution in [0.3, 0.4) is 0 Å². The van der Waals surface area contributed by atoms with Gasteiger partial charge in [-0.05, 0) is 30.5 Å². The van der Waals surface area contributed by atoms with Crippen LogP contribution in [-0.4, -0.2) is 21.2 Å². The molecule has 0 fully saturated rings. The van der Waals surface area contributed by atoms with Gasteiger partial charge in [-0.2, -0.15) is 0 Å². The summed E-state index contributed by atoms with van der Waals surface area (Å²) in [5.74, 6) is -0.169. The van der Waals surface area contributed by atoms with Crippen molar-refractivity contribution in [3.63, 3.8) is 0 Å². The first-order valence-corrected chi connectivity index (χ1v) is 8.08. The quantitative estimate of drug-likeness (QED) is 0.500. The molecule has 3 heterocycles. The van der Waals surface area contributed by atoms with E-state index < -0.39 is 12.1 Å². The van der Waals surface area contributed by atoms with Crippen molar-refractivity contribution in [3.8, 4) is 10.8 Å². The van der Waals surface area contributed by atoms with Crippen molar-refractivity contribution < 1.29 is 13.9 Å². The van der Waals surface area contributed by atoms with Gasteiger partial charge in [0.1, 0.15) is 5.15 Å². The molecule has 23 heavy (non-hydrogen) atoms. The first-order valence-electron chi connectivity index (χ1n) is 6.45. The van der Waals surface area contributed by atoms with Gasteiger partial charge in [-0.25, -0.2) is 9.78 Å². The van der Waals surface area contributed by atoms with Crippen LogP contribution >= 0.6 is 34.5 Å². The molecule has 0 bridgehead atoms.